The molecule has 0 spiro atoms. The number of benzene rings is 2. The van der Waals surface area contributed by atoms with Crippen LogP contribution in [0.2, 0.25) is 0 Å². The summed E-state index contributed by atoms with van der Waals surface area (Å²) in [4.78, 5) is 0.215. The highest BCUT2D eigenvalue weighted by Crippen LogP contribution is 2.26. The lowest BCUT2D eigenvalue weighted by molar-refractivity contribution is 0.411. The van der Waals surface area contributed by atoms with E-state index in [-0.39, 0.29) is 10.9 Å². The first kappa shape index (κ1) is 18.3. The van der Waals surface area contributed by atoms with E-state index in [0.717, 1.165) is 16.9 Å². The van der Waals surface area contributed by atoms with Crippen LogP contribution in [0.15, 0.2) is 47.4 Å². The van der Waals surface area contributed by atoms with Gasteiger partial charge in [-0.15, -0.1) is 0 Å². The normalized spacial score (nSPS) is 12.7. The monoisotopic (exact) mass is 349 g/mol. The number of methoxy groups -OCH3 is 2. The summed E-state index contributed by atoms with van der Waals surface area (Å²) in [6, 6.07) is 11.7. The Hall–Kier alpha value is -2.05. The molecule has 0 unspecified atom stereocenters. The average molecular weight is 349 g/mol. The predicted molar refractivity (Wildman–Crippen MR) is 94.1 cm³/mol. The van der Waals surface area contributed by atoms with Crippen LogP contribution in [0.5, 0.6) is 11.5 Å². The third kappa shape index (κ3) is 4.07. The van der Waals surface area contributed by atoms with E-state index in [0.29, 0.717) is 12.2 Å². The lowest BCUT2D eigenvalue weighted by atomic mass is 10.0. The number of hydrogen-bond donors (Lipinski definition) is 1. The molecule has 1 N–H and O–H groups in total. The van der Waals surface area contributed by atoms with Gasteiger partial charge in [-0.2, -0.15) is 0 Å². The molecule has 24 heavy (non-hydrogen) atoms. The lowest BCUT2D eigenvalue weighted by Crippen LogP contribution is -2.28. The molecule has 6 heteroatoms. The molecule has 2 aromatic rings. The summed E-state index contributed by atoms with van der Waals surface area (Å²) in [7, 11) is -0.451. The molecule has 0 aliphatic rings. The Morgan fingerprint density at radius 1 is 1.04 bits per heavy atom. The summed E-state index contributed by atoms with van der Waals surface area (Å²) < 4.78 is 38.3. The summed E-state index contributed by atoms with van der Waals surface area (Å²) in [5, 5.41) is 0. The van der Waals surface area contributed by atoms with Gasteiger partial charge in [-0.3, -0.25) is 0 Å². The van der Waals surface area contributed by atoms with Crippen LogP contribution in [0.3, 0.4) is 0 Å². The second-order valence-corrected chi connectivity index (χ2v) is 7.20. The number of rotatable bonds is 7. The molecule has 0 saturated heterocycles. The van der Waals surface area contributed by atoms with Gasteiger partial charge < -0.3 is 9.47 Å². The lowest BCUT2D eigenvalue weighted by Gasteiger charge is -2.19. The Morgan fingerprint density at radius 3 is 2.21 bits per heavy atom. The Labute approximate surface area is 143 Å². The maximum atomic E-state index is 12.6. The summed E-state index contributed by atoms with van der Waals surface area (Å²) in [6.45, 7) is 3.88. The smallest absolute Gasteiger partial charge is 0.241 e. The first-order valence-electron chi connectivity index (χ1n) is 7.72. The number of nitrogens with one attached hydrogen (secondary N) is 1. The van der Waals surface area contributed by atoms with Crippen molar-refractivity contribution in [1.82, 2.24) is 4.72 Å². The van der Waals surface area contributed by atoms with Gasteiger partial charge in [0.2, 0.25) is 10.0 Å². The van der Waals surface area contributed by atoms with Crippen molar-refractivity contribution in [3.8, 4) is 11.5 Å². The summed E-state index contributed by atoms with van der Waals surface area (Å²) in [5.74, 6) is 1.40. The maximum absolute atomic E-state index is 12.6. The Bertz CT molecular complexity index is 785. The highest BCUT2D eigenvalue weighted by Gasteiger charge is 2.20. The van der Waals surface area contributed by atoms with E-state index in [2.05, 4.69) is 4.72 Å². The summed E-state index contributed by atoms with van der Waals surface area (Å²) >= 11 is 0. The van der Waals surface area contributed by atoms with E-state index in [9.17, 15) is 8.42 Å². The Balaban J connectivity index is 2.26. The van der Waals surface area contributed by atoms with Crippen LogP contribution >= 0.6 is 0 Å². The largest absolute Gasteiger partial charge is 0.497 e. The van der Waals surface area contributed by atoms with Crippen molar-refractivity contribution in [3.63, 3.8) is 0 Å². The van der Waals surface area contributed by atoms with Gasteiger partial charge in [0, 0.05) is 6.04 Å². The van der Waals surface area contributed by atoms with Gasteiger partial charge in [-0.1, -0.05) is 19.1 Å². The number of ether oxygens (including phenoxy) is 2. The molecule has 1 atom stereocenters. The third-order valence-electron chi connectivity index (χ3n) is 3.90. The first-order valence-corrected chi connectivity index (χ1v) is 9.20. The molecule has 0 aliphatic carbocycles. The van der Waals surface area contributed by atoms with Crippen molar-refractivity contribution < 1.29 is 17.9 Å². The van der Waals surface area contributed by atoms with Gasteiger partial charge >= 0.3 is 0 Å². The molecular weight excluding hydrogens is 326 g/mol. The molecule has 5 nitrogen and oxygen atoms in total. The van der Waals surface area contributed by atoms with Crippen LogP contribution in [-0.2, 0) is 10.0 Å². The fraction of sp³-hybridized carbons (Fsp3) is 0.333. The zero-order chi connectivity index (χ0) is 17.7. The zero-order valence-electron chi connectivity index (χ0n) is 14.4. The van der Waals surface area contributed by atoms with Crippen LogP contribution in [0.25, 0.3) is 0 Å². The van der Waals surface area contributed by atoms with Crippen molar-refractivity contribution >= 4 is 10.0 Å². The molecule has 0 fully saturated rings. The fourth-order valence-electron chi connectivity index (χ4n) is 2.52. The molecular formula is C18H23NO4S. The van der Waals surface area contributed by atoms with Crippen LogP contribution in [-0.4, -0.2) is 22.6 Å². The molecule has 2 aromatic carbocycles. The standard InChI is InChI=1S/C18H23NO4S/c1-5-17(14-6-11-18(23-4)13(2)12-14)19-24(20,21)16-9-7-15(22-3)8-10-16/h6-12,17,19H,5H2,1-4H3/t17-/m0/s1. The minimum atomic E-state index is -3.61. The SMILES string of the molecule is CC[C@H](NS(=O)(=O)c1ccc(OC)cc1)c1ccc(OC)c(C)c1. The molecule has 0 amide bonds. The van der Waals surface area contributed by atoms with Gasteiger partial charge in [0.05, 0.1) is 19.1 Å². The minimum absolute atomic E-state index is 0.215. The van der Waals surface area contributed by atoms with Crippen molar-refractivity contribution in [1.29, 1.82) is 0 Å². The molecule has 0 heterocycles. The van der Waals surface area contributed by atoms with Crippen LogP contribution < -0.4 is 14.2 Å². The second kappa shape index (κ2) is 7.68. The van der Waals surface area contributed by atoms with E-state index in [4.69, 9.17) is 9.47 Å². The molecule has 0 radical (unpaired) electrons. The van der Waals surface area contributed by atoms with E-state index in [1.54, 1.807) is 26.4 Å². The third-order valence-corrected chi connectivity index (χ3v) is 5.38. The second-order valence-electron chi connectivity index (χ2n) is 5.49. The predicted octanol–water partition coefficient (Wildman–Crippen LogP) is 3.44. The molecule has 0 aromatic heterocycles. The van der Waals surface area contributed by atoms with Gasteiger partial charge in [0.25, 0.3) is 0 Å². The van der Waals surface area contributed by atoms with Gasteiger partial charge in [-0.25, -0.2) is 13.1 Å². The highest BCUT2D eigenvalue weighted by atomic mass is 32.2. The van der Waals surface area contributed by atoms with E-state index >= 15 is 0 Å². The molecule has 2 rings (SSSR count). The summed E-state index contributed by atoms with van der Waals surface area (Å²) in [5.41, 5.74) is 1.88. The van der Waals surface area contributed by atoms with Gasteiger partial charge in [-0.05, 0) is 54.8 Å². The van der Waals surface area contributed by atoms with Crippen LogP contribution in [0.1, 0.15) is 30.5 Å². The Morgan fingerprint density at radius 2 is 1.71 bits per heavy atom. The molecule has 0 saturated carbocycles. The van der Waals surface area contributed by atoms with E-state index < -0.39 is 10.0 Å². The first-order chi connectivity index (χ1) is 11.4. The van der Waals surface area contributed by atoms with Crippen molar-refractivity contribution in [2.45, 2.75) is 31.2 Å². The van der Waals surface area contributed by atoms with Crippen LogP contribution in [0, 0.1) is 6.92 Å². The summed E-state index contributed by atoms with van der Waals surface area (Å²) in [6.07, 6.45) is 0.640. The molecule has 130 valence electrons. The van der Waals surface area contributed by atoms with Crippen molar-refractivity contribution in [3.05, 3.63) is 53.6 Å². The number of aryl methyl sites for hydroxylation is 1. The topological polar surface area (TPSA) is 64.6 Å². The Kier molecular flexibility index (Phi) is 5.85. The average Bonchev–Trinajstić information content (AvgIpc) is 2.59. The molecule has 0 bridgehead atoms. The zero-order valence-corrected chi connectivity index (χ0v) is 15.2. The fourth-order valence-corrected chi connectivity index (χ4v) is 3.82. The number of hydrogen-bond acceptors (Lipinski definition) is 4. The van der Waals surface area contributed by atoms with E-state index in [1.807, 2.05) is 32.0 Å². The van der Waals surface area contributed by atoms with Crippen molar-refractivity contribution in [2.75, 3.05) is 14.2 Å². The van der Waals surface area contributed by atoms with Crippen molar-refractivity contribution in [2.24, 2.45) is 0 Å². The van der Waals surface area contributed by atoms with Crippen LogP contribution in [0.4, 0.5) is 0 Å². The quantitative estimate of drug-likeness (QED) is 0.832. The van der Waals surface area contributed by atoms with Gasteiger partial charge in [0.1, 0.15) is 11.5 Å². The maximum Gasteiger partial charge on any atom is 0.241 e. The van der Waals surface area contributed by atoms with Gasteiger partial charge in [0.15, 0.2) is 0 Å². The number of sulfonamides is 1. The molecule has 0 aliphatic heterocycles. The highest BCUT2D eigenvalue weighted by molar-refractivity contribution is 7.89. The van der Waals surface area contributed by atoms with E-state index in [1.165, 1.54) is 12.1 Å². The minimum Gasteiger partial charge on any atom is -0.497 e.